The van der Waals surface area contributed by atoms with Crippen LogP contribution in [0.3, 0.4) is 0 Å². The molecule has 156 valence electrons. The highest BCUT2D eigenvalue weighted by molar-refractivity contribution is 5.75. The van der Waals surface area contributed by atoms with Gasteiger partial charge in [-0.3, -0.25) is 0 Å². The van der Waals surface area contributed by atoms with Gasteiger partial charge in [-0.25, -0.2) is 4.79 Å². The number of carbonyl (C=O) groups excluding carboxylic acids is 1. The summed E-state index contributed by atoms with van der Waals surface area (Å²) in [4.78, 5) is 12.7. The van der Waals surface area contributed by atoms with Gasteiger partial charge >= 0.3 is 5.97 Å². The van der Waals surface area contributed by atoms with Crippen LogP contribution in [0.4, 0.5) is 0 Å². The van der Waals surface area contributed by atoms with E-state index in [0.717, 1.165) is 22.4 Å². The van der Waals surface area contributed by atoms with Crippen LogP contribution in [-0.4, -0.2) is 12.1 Å². The molecule has 0 aliphatic heterocycles. The van der Waals surface area contributed by atoms with Crippen molar-refractivity contribution in [2.45, 2.75) is 40.4 Å². The van der Waals surface area contributed by atoms with Crippen molar-refractivity contribution in [3.8, 4) is 17.2 Å². The van der Waals surface area contributed by atoms with E-state index in [1.165, 1.54) is 0 Å². The average Bonchev–Trinajstić information content (AvgIpc) is 2.72. The Labute approximate surface area is 178 Å². The van der Waals surface area contributed by atoms with Crippen LogP contribution >= 0.6 is 0 Å². The van der Waals surface area contributed by atoms with Gasteiger partial charge in [-0.05, 0) is 55.3 Å². The molecular weight excluding hydrogens is 376 g/mol. The number of carbonyl (C=O) groups is 1. The number of aryl methyl sites for hydroxylation is 2. The highest BCUT2D eigenvalue weighted by Crippen LogP contribution is 2.24. The Morgan fingerprint density at radius 3 is 2.30 bits per heavy atom. The highest BCUT2D eigenvalue weighted by atomic mass is 16.6. The molecule has 0 bridgehead atoms. The van der Waals surface area contributed by atoms with Gasteiger partial charge in [-0.1, -0.05) is 61.9 Å². The van der Waals surface area contributed by atoms with Gasteiger partial charge in [0, 0.05) is 5.92 Å². The van der Waals surface area contributed by atoms with Gasteiger partial charge in [0.1, 0.15) is 23.9 Å². The molecule has 0 radical (unpaired) electrons. The maximum absolute atomic E-state index is 12.7. The van der Waals surface area contributed by atoms with E-state index in [2.05, 4.69) is 0 Å². The Balaban J connectivity index is 1.63. The molecule has 0 spiro atoms. The maximum atomic E-state index is 12.7. The summed E-state index contributed by atoms with van der Waals surface area (Å²) in [5.41, 5.74) is 3.01. The maximum Gasteiger partial charge on any atom is 0.347 e. The van der Waals surface area contributed by atoms with Gasteiger partial charge in [-0.2, -0.15) is 0 Å². The van der Waals surface area contributed by atoms with Crippen LogP contribution in [0, 0.1) is 19.8 Å². The summed E-state index contributed by atoms with van der Waals surface area (Å²) in [5, 5.41) is 0. The number of esters is 1. The summed E-state index contributed by atoms with van der Waals surface area (Å²) in [5.74, 6) is 1.76. The molecule has 0 saturated carbocycles. The fourth-order valence-electron chi connectivity index (χ4n) is 3.08. The van der Waals surface area contributed by atoms with Crippen LogP contribution < -0.4 is 9.47 Å². The fourth-order valence-corrected chi connectivity index (χ4v) is 3.08. The first-order chi connectivity index (χ1) is 14.4. The Morgan fingerprint density at radius 1 is 0.867 bits per heavy atom. The number of para-hydroxylation sites is 1. The zero-order valence-electron chi connectivity index (χ0n) is 17.9. The first kappa shape index (κ1) is 21.4. The van der Waals surface area contributed by atoms with E-state index in [1.54, 1.807) is 0 Å². The predicted octanol–water partition coefficient (Wildman–Crippen LogP) is 6.24. The summed E-state index contributed by atoms with van der Waals surface area (Å²) < 4.78 is 17.4. The minimum Gasteiger partial charge on any atom is -0.478 e. The number of rotatable bonds is 8. The molecule has 0 heterocycles. The molecule has 4 nitrogen and oxygen atoms in total. The van der Waals surface area contributed by atoms with Gasteiger partial charge in [0.05, 0.1) is 0 Å². The molecule has 0 aliphatic rings. The molecule has 0 aromatic heterocycles. The second-order valence-electron chi connectivity index (χ2n) is 7.72. The van der Waals surface area contributed by atoms with Gasteiger partial charge < -0.3 is 14.2 Å². The van der Waals surface area contributed by atoms with E-state index in [9.17, 15) is 4.79 Å². The molecular formula is C26H28O4. The molecule has 0 aliphatic carbocycles. The third kappa shape index (κ3) is 5.86. The minimum absolute atomic E-state index is 0.0223. The minimum atomic E-state index is -0.671. The largest absolute Gasteiger partial charge is 0.478 e. The monoisotopic (exact) mass is 404 g/mol. The molecule has 0 amide bonds. The summed E-state index contributed by atoms with van der Waals surface area (Å²) in [6, 6.07) is 23.0. The lowest BCUT2D eigenvalue weighted by molar-refractivity contribution is -0.155. The van der Waals surface area contributed by atoms with E-state index in [-0.39, 0.29) is 18.5 Å². The van der Waals surface area contributed by atoms with E-state index < -0.39 is 6.10 Å². The number of benzene rings is 3. The standard InChI is InChI=1S/C26H28O4/c1-18(2)25(30-24-14-13-19(3)15-20(24)4)26(27)28-17-21-9-8-12-23(16-21)29-22-10-6-5-7-11-22/h5-16,18,25H,17H2,1-4H3. The molecule has 1 atom stereocenters. The number of hydrogen-bond acceptors (Lipinski definition) is 4. The van der Waals surface area contributed by atoms with Gasteiger partial charge in [0.2, 0.25) is 0 Å². The lowest BCUT2D eigenvalue weighted by Crippen LogP contribution is -2.34. The van der Waals surface area contributed by atoms with Crippen LogP contribution in [0.2, 0.25) is 0 Å². The van der Waals surface area contributed by atoms with Crippen LogP contribution in [0.25, 0.3) is 0 Å². The summed E-state index contributed by atoms with van der Waals surface area (Å²) >= 11 is 0. The van der Waals surface area contributed by atoms with E-state index >= 15 is 0 Å². The van der Waals surface area contributed by atoms with E-state index in [1.807, 2.05) is 100 Å². The molecule has 3 aromatic rings. The zero-order valence-corrected chi connectivity index (χ0v) is 17.9. The molecule has 3 aromatic carbocycles. The molecule has 0 fully saturated rings. The summed E-state index contributed by atoms with van der Waals surface area (Å²) in [6.07, 6.45) is -0.671. The number of hydrogen-bond donors (Lipinski definition) is 0. The van der Waals surface area contributed by atoms with Crippen LogP contribution in [-0.2, 0) is 16.1 Å². The molecule has 0 saturated heterocycles. The summed E-state index contributed by atoms with van der Waals surface area (Å²) in [7, 11) is 0. The zero-order chi connectivity index (χ0) is 21.5. The Hall–Kier alpha value is -3.27. The highest BCUT2D eigenvalue weighted by Gasteiger charge is 2.26. The second kappa shape index (κ2) is 9.97. The van der Waals surface area contributed by atoms with Crippen LogP contribution in [0.5, 0.6) is 17.2 Å². The van der Waals surface area contributed by atoms with Crippen molar-refractivity contribution in [1.82, 2.24) is 0 Å². The van der Waals surface area contributed by atoms with Crippen molar-refractivity contribution in [3.05, 3.63) is 89.5 Å². The Kier molecular flexibility index (Phi) is 7.12. The first-order valence-electron chi connectivity index (χ1n) is 10.1. The predicted molar refractivity (Wildman–Crippen MR) is 118 cm³/mol. The number of ether oxygens (including phenoxy) is 3. The van der Waals surface area contributed by atoms with Crippen LogP contribution in [0.15, 0.2) is 72.8 Å². The smallest absolute Gasteiger partial charge is 0.347 e. The molecule has 3 rings (SSSR count). The molecule has 30 heavy (non-hydrogen) atoms. The van der Waals surface area contributed by atoms with Crippen molar-refractivity contribution in [2.24, 2.45) is 5.92 Å². The van der Waals surface area contributed by atoms with Crippen molar-refractivity contribution in [2.75, 3.05) is 0 Å². The SMILES string of the molecule is Cc1ccc(OC(C(=O)OCc2cccc(Oc3ccccc3)c2)C(C)C)c(C)c1. The Morgan fingerprint density at radius 2 is 1.60 bits per heavy atom. The van der Waals surface area contributed by atoms with Crippen LogP contribution in [0.1, 0.15) is 30.5 Å². The third-order valence-electron chi connectivity index (χ3n) is 4.68. The Bertz CT molecular complexity index is 979. The topological polar surface area (TPSA) is 44.8 Å². The van der Waals surface area contributed by atoms with Gasteiger partial charge in [0.25, 0.3) is 0 Å². The quantitative estimate of drug-likeness (QED) is 0.417. The van der Waals surface area contributed by atoms with Crippen molar-refractivity contribution in [3.63, 3.8) is 0 Å². The lowest BCUT2D eigenvalue weighted by atomic mass is 10.1. The normalized spacial score (nSPS) is 11.8. The van der Waals surface area contributed by atoms with Crippen molar-refractivity contribution in [1.29, 1.82) is 0 Å². The summed E-state index contributed by atoms with van der Waals surface area (Å²) in [6.45, 7) is 8.06. The van der Waals surface area contributed by atoms with Crippen molar-refractivity contribution >= 4 is 5.97 Å². The van der Waals surface area contributed by atoms with Gasteiger partial charge in [0.15, 0.2) is 6.10 Å². The molecule has 1 unspecified atom stereocenters. The lowest BCUT2D eigenvalue weighted by Gasteiger charge is -2.22. The van der Waals surface area contributed by atoms with Crippen molar-refractivity contribution < 1.29 is 19.0 Å². The fraction of sp³-hybridized carbons (Fsp3) is 0.269. The first-order valence-corrected chi connectivity index (χ1v) is 10.1. The average molecular weight is 405 g/mol. The third-order valence-corrected chi connectivity index (χ3v) is 4.68. The van der Waals surface area contributed by atoms with E-state index in [4.69, 9.17) is 14.2 Å². The van der Waals surface area contributed by atoms with E-state index in [0.29, 0.717) is 11.5 Å². The molecule has 0 N–H and O–H groups in total. The second-order valence-corrected chi connectivity index (χ2v) is 7.72. The molecule has 4 heteroatoms. The van der Waals surface area contributed by atoms with Gasteiger partial charge in [-0.15, -0.1) is 0 Å².